The minimum atomic E-state index is -0.402. The molecule has 1 saturated heterocycles. The van der Waals surface area contributed by atoms with E-state index in [4.69, 9.17) is 0 Å². The van der Waals surface area contributed by atoms with Crippen LogP contribution in [-0.4, -0.2) is 11.8 Å². The minimum Gasteiger partial charge on any atom is -0.274 e. The number of thiophene rings is 1. The van der Waals surface area contributed by atoms with Crippen molar-refractivity contribution in [2.75, 3.05) is 4.90 Å². The maximum atomic E-state index is 14.0. The first-order chi connectivity index (χ1) is 16.2. The molecule has 2 aromatic carbocycles. The molecule has 33 heavy (non-hydrogen) atoms. The lowest BCUT2D eigenvalue weighted by atomic mass is 9.55. The van der Waals surface area contributed by atoms with Gasteiger partial charge in [-0.05, 0) is 53.5 Å². The normalized spacial score (nSPS) is 26.8. The molecule has 1 fully saturated rings. The topological polar surface area (TPSA) is 61.2 Å². The van der Waals surface area contributed by atoms with Gasteiger partial charge >= 0.3 is 0 Å². The summed E-state index contributed by atoms with van der Waals surface area (Å²) >= 11 is 1.50. The van der Waals surface area contributed by atoms with Gasteiger partial charge in [0.1, 0.15) is 11.1 Å². The van der Waals surface area contributed by atoms with Crippen LogP contribution in [0.1, 0.15) is 69.4 Å². The Balaban J connectivity index is 1.41. The zero-order chi connectivity index (χ0) is 22.3. The molecule has 4 aliphatic carbocycles. The molecular weight excluding hydrogens is 428 g/mol. The van der Waals surface area contributed by atoms with Crippen LogP contribution in [0.15, 0.2) is 48.5 Å². The van der Waals surface area contributed by atoms with Crippen LogP contribution in [0.2, 0.25) is 0 Å². The molecule has 2 bridgehead atoms. The number of imide groups is 1. The Morgan fingerprint density at radius 3 is 1.82 bits per heavy atom. The van der Waals surface area contributed by atoms with Crippen LogP contribution in [0, 0.1) is 23.2 Å². The van der Waals surface area contributed by atoms with E-state index in [2.05, 4.69) is 30.3 Å². The monoisotopic (exact) mass is 450 g/mol. The number of benzene rings is 2. The number of hydrogen-bond acceptors (Lipinski definition) is 4. The Morgan fingerprint density at radius 2 is 1.30 bits per heavy atom. The third-order valence-electron chi connectivity index (χ3n) is 8.17. The summed E-state index contributed by atoms with van der Waals surface area (Å²) in [6.07, 6.45) is 5.10. The first-order valence-electron chi connectivity index (χ1n) is 11.8. The molecule has 162 valence electrons. The second-order valence-corrected chi connectivity index (χ2v) is 10.7. The van der Waals surface area contributed by atoms with Gasteiger partial charge in [0, 0.05) is 16.7 Å². The van der Waals surface area contributed by atoms with Gasteiger partial charge in [0.05, 0.1) is 17.4 Å². The van der Waals surface area contributed by atoms with Crippen molar-refractivity contribution in [3.05, 3.63) is 86.8 Å². The van der Waals surface area contributed by atoms with Crippen molar-refractivity contribution in [2.24, 2.45) is 11.8 Å². The number of anilines is 1. The highest BCUT2D eigenvalue weighted by Gasteiger charge is 2.62. The molecule has 4 nitrogen and oxygen atoms in total. The van der Waals surface area contributed by atoms with Crippen LogP contribution < -0.4 is 4.90 Å². The predicted molar refractivity (Wildman–Crippen MR) is 126 cm³/mol. The summed E-state index contributed by atoms with van der Waals surface area (Å²) in [6, 6.07) is 19.0. The maximum absolute atomic E-state index is 14.0. The predicted octanol–water partition coefficient (Wildman–Crippen LogP) is 5.29. The number of fused-ring (bicyclic) bond motifs is 1. The summed E-state index contributed by atoms with van der Waals surface area (Å²) in [5.74, 6) is -1.29. The van der Waals surface area contributed by atoms with Crippen LogP contribution in [0.3, 0.4) is 0 Å². The highest BCUT2D eigenvalue weighted by atomic mass is 32.1. The molecule has 0 unspecified atom stereocenters. The summed E-state index contributed by atoms with van der Waals surface area (Å²) in [5.41, 5.74) is 6.32. The summed E-state index contributed by atoms with van der Waals surface area (Å²) in [4.78, 5) is 30.6. The number of rotatable bonds is 1. The smallest absolute Gasteiger partial charge is 0.239 e. The third kappa shape index (κ3) is 2.40. The van der Waals surface area contributed by atoms with E-state index < -0.39 is 11.8 Å². The van der Waals surface area contributed by atoms with Gasteiger partial charge in [0.25, 0.3) is 0 Å². The molecule has 0 radical (unpaired) electrons. The van der Waals surface area contributed by atoms with E-state index in [0.717, 1.165) is 37.7 Å². The second-order valence-electron chi connectivity index (χ2n) is 9.63. The molecule has 5 aliphatic rings. The molecular formula is C28H22N2O2S. The molecule has 2 atom stereocenters. The van der Waals surface area contributed by atoms with Crippen LogP contribution in [0.5, 0.6) is 0 Å². The Kier molecular flexibility index (Phi) is 4.02. The highest BCUT2D eigenvalue weighted by molar-refractivity contribution is 7.17. The molecule has 8 rings (SSSR count). The van der Waals surface area contributed by atoms with Gasteiger partial charge in [-0.1, -0.05) is 55.0 Å². The SMILES string of the molecule is N#Cc1c(N2C(=O)[C@H]3C4c5ccccc5C(c5ccccc54)[C@@H]3C2=O)sc2c1CCCCC2. The number of nitriles is 1. The summed E-state index contributed by atoms with van der Waals surface area (Å²) in [7, 11) is 0. The van der Waals surface area contributed by atoms with Crippen molar-refractivity contribution < 1.29 is 9.59 Å². The summed E-state index contributed by atoms with van der Waals surface area (Å²) in [5, 5.41) is 10.6. The van der Waals surface area contributed by atoms with E-state index in [1.165, 1.54) is 43.4 Å². The average Bonchev–Trinajstić information content (AvgIpc) is 3.20. The quantitative estimate of drug-likeness (QED) is 0.374. The Morgan fingerprint density at radius 1 is 0.788 bits per heavy atom. The van der Waals surface area contributed by atoms with E-state index in [-0.39, 0.29) is 23.7 Å². The standard InChI is InChI=1S/C28H22N2O2S/c29-14-20-15-8-2-1-3-13-21(15)33-28(20)30-26(31)24-22-16-9-4-5-10-17(16)23(25(24)27(30)32)19-12-7-6-11-18(19)22/h4-7,9-12,22-25H,1-3,8,13H2/t22?,23?,24-,25-/m0/s1. The van der Waals surface area contributed by atoms with Crippen molar-refractivity contribution in [3.63, 3.8) is 0 Å². The summed E-state index contributed by atoms with van der Waals surface area (Å²) < 4.78 is 0. The van der Waals surface area contributed by atoms with Crippen molar-refractivity contribution in [1.29, 1.82) is 5.26 Å². The molecule has 0 N–H and O–H groups in total. The number of hydrogen-bond donors (Lipinski definition) is 0. The lowest BCUT2D eigenvalue weighted by Gasteiger charge is -2.45. The Labute approximate surface area is 196 Å². The number of carbonyl (C=O) groups excluding carboxylic acids is 2. The van der Waals surface area contributed by atoms with Gasteiger partial charge in [-0.3, -0.25) is 9.59 Å². The number of amides is 2. The van der Waals surface area contributed by atoms with E-state index in [9.17, 15) is 14.9 Å². The van der Waals surface area contributed by atoms with Gasteiger partial charge in [0.15, 0.2) is 0 Å². The maximum Gasteiger partial charge on any atom is 0.239 e. The largest absolute Gasteiger partial charge is 0.274 e. The van der Waals surface area contributed by atoms with Crippen molar-refractivity contribution in [2.45, 2.75) is 43.9 Å². The summed E-state index contributed by atoms with van der Waals surface area (Å²) in [6.45, 7) is 0. The first-order valence-corrected chi connectivity index (χ1v) is 12.6. The van der Waals surface area contributed by atoms with E-state index in [1.54, 1.807) is 0 Å². The van der Waals surface area contributed by atoms with E-state index in [0.29, 0.717) is 10.6 Å². The average molecular weight is 451 g/mol. The van der Waals surface area contributed by atoms with Crippen molar-refractivity contribution >= 4 is 28.2 Å². The van der Waals surface area contributed by atoms with E-state index >= 15 is 0 Å². The van der Waals surface area contributed by atoms with Crippen LogP contribution in [0.25, 0.3) is 0 Å². The molecule has 3 aromatic rings. The molecule has 2 heterocycles. The van der Waals surface area contributed by atoms with Gasteiger partial charge in [-0.15, -0.1) is 11.3 Å². The van der Waals surface area contributed by atoms with Gasteiger partial charge < -0.3 is 0 Å². The lowest BCUT2D eigenvalue weighted by Crippen LogP contribution is -2.41. The number of carbonyl (C=O) groups is 2. The molecule has 5 heteroatoms. The number of aryl methyl sites for hydroxylation is 1. The molecule has 1 aromatic heterocycles. The fourth-order valence-corrected chi connectivity index (χ4v) is 8.23. The molecule has 0 saturated carbocycles. The Hall–Kier alpha value is -3.23. The van der Waals surface area contributed by atoms with Crippen LogP contribution in [-0.2, 0) is 22.4 Å². The van der Waals surface area contributed by atoms with Crippen LogP contribution >= 0.6 is 11.3 Å². The lowest BCUT2D eigenvalue weighted by molar-refractivity contribution is -0.122. The van der Waals surface area contributed by atoms with Crippen molar-refractivity contribution in [1.82, 2.24) is 0 Å². The number of nitrogens with zero attached hydrogens (tertiary/aromatic N) is 2. The zero-order valence-electron chi connectivity index (χ0n) is 18.1. The first kappa shape index (κ1) is 19.3. The fraction of sp³-hybridized carbons (Fsp3) is 0.321. The van der Waals surface area contributed by atoms with E-state index in [1.807, 2.05) is 24.3 Å². The van der Waals surface area contributed by atoms with Gasteiger partial charge in [0.2, 0.25) is 11.8 Å². The molecule has 2 amide bonds. The molecule has 1 aliphatic heterocycles. The van der Waals surface area contributed by atoms with Gasteiger partial charge in [-0.25, -0.2) is 4.90 Å². The third-order valence-corrected chi connectivity index (χ3v) is 9.44. The van der Waals surface area contributed by atoms with Crippen LogP contribution in [0.4, 0.5) is 5.00 Å². The zero-order valence-corrected chi connectivity index (χ0v) is 18.9. The van der Waals surface area contributed by atoms with Crippen molar-refractivity contribution in [3.8, 4) is 6.07 Å². The fourth-order valence-electron chi connectivity index (χ4n) is 6.88. The molecule has 0 spiro atoms. The Bertz CT molecular complexity index is 1280. The van der Waals surface area contributed by atoms with Gasteiger partial charge in [-0.2, -0.15) is 5.26 Å². The highest BCUT2D eigenvalue weighted by Crippen LogP contribution is 2.61. The minimum absolute atomic E-state index is 0.114. The second kappa shape index (κ2) is 6.88.